The van der Waals surface area contributed by atoms with Crippen LogP contribution >= 0.6 is 0 Å². The number of nitriles is 1. The van der Waals surface area contributed by atoms with E-state index in [0.29, 0.717) is 11.3 Å². The molecule has 0 aliphatic rings. The van der Waals surface area contributed by atoms with E-state index in [-0.39, 0.29) is 17.9 Å². The molecule has 0 spiro atoms. The number of rotatable bonds is 6. The second kappa shape index (κ2) is 9.55. The summed E-state index contributed by atoms with van der Waals surface area (Å²) in [7, 11) is 0. The molecule has 0 saturated heterocycles. The second-order valence-corrected chi connectivity index (χ2v) is 6.81. The van der Waals surface area contributed by atoms with E-state index in [2.05, 4.69) is 10.4 Å². The Morgan fingerprint density at radius 2 is 1.90 bits per heavy atom. The Morgan fingerprint density at radius 1 is 1.16 bits per heavy atom. The van der Waals surface area contributed by atoms with Gasteiger partial charge in [0.1, 0.15) is 11.6 Å². The van der Waals surface area contributed by atoms with Crippen molar-refractivity contribution in [3.05, 3.63) is 82.7 Å². The van der Waals surface area contributed by atoms with Crippen LogP contribution in [0.1, 0.15) is 34.1 Å². The van der Waals surface area contributed by atoms with Gasteiger partial charge in [0.25, 0.3) is 5.91 Å². The number of aryl methyl sites for hydroxylation is 1. The topological polar surface area (TPSA) is 97.0 Å². The molecule has 0 atom stereocenters. The molecule has 0 saturated carbocycles. The highest BCUT2D eigenvalue weighted by Crippen LogP contribution is 2.20. The first kappa shape index (κ1) is 21.5. The third-order valence-electron chi connectivity index (χ3n) is 4.75. The molecule has 0 aliphatic carbocycles. The average molecular weight is 414 g/mol. The van der Waals surface area contributed by atoms with Gasteiger partial charge in [-0.3, -0.25) is 4.79 Å². The lowest BCUT2D eigenvalue weighted by Gasteiger charge is -2.09. The Kier molecular flexibility index (Phi) is 6.63. The van der Waals surface area contributed by atoms with Gasteiger partial charge in [-0.2, -0.15) is 10.4 Å². The van der Waals surface area contributed by atoms with Crippen molar-refractivity contribution in [2.75, 3.05) is 11.9 Å². The lowest BCUT2D eigenvalue weighted by Crippen LogP contribution is -2.15. The van der Waals surface area contributed by atoms with E-state index < -0.39 is 11.9 Å². The number of carbonyl (C=O) groups excluding carboxylic acids is 2. The number of nitrogens with zero attached hydrogens (tertiary/aromatic N) is 3. The van der Waals surface area contributed by atoms with Crippen molar-refractivity contribution < 1.29 is 14.3 Å². The van der Waals surface area contributed by atoms with Gasteiger partial charge in [-0.15, -0.1) is 0 Å². The van der Waals surface area contributed by atoms with Crippen LogP contribution in [0.5, 0.6) is 0 Å². The highest BCUT2D eigenvalue weighted by molar-refractivity contribution is 6.10. The maximum Gasteiger partial charge on any atom is 0.359 e. The number of benzene rings is 2. The summed E-state index contributed by atoms with van der Waals surface area (Å²) in [5, 5.41) is 16.7. The maximum absolute atomic E-state index is 12.7. The third kappa shape index (κ3) is 4.87. The van der Waals surface area contributed by atoms with Crippen molar-refractivity contribution in [3.8, 4) is 11.8 Å². The molecular formula is C24H22N4O3. The van der Waals surface area contributed by atoms with Crippen molar-refractivity contribution >= 4 is 23.6 Å². The van der Waals surface area contributed by atoms with Crippen LogP contribution in [0.4, 0.5) is 5.69 Å². The quantitative estimate of drug-likeness (QED) is 0.370. The summed E-state index contributed by atoms with van der Waals surface area (Å²) in [5.74, 6) is -1.20. The summed E-state index contributed by atoms with van der Waals surface area (Å²) in [6.07, 6.45) is 2.93. The molecule has 7 heteroatoms. The first-order valence-corrected chi connectivity index (χ1v) is 9.76. The first-order valence-electron chi connectivity index (χ1n) is 9.76. The number of esters is 1. The Morgan fingerprint density at radius 3 is 2.58 bits per heavy atom. The third-order valence-corrected chi connectivity index (χ3v) is 4.75. The fourth-order valence-corrected chi connectivity index (χ4v) is 2.94. The van der Waals surface area contributed by atoms with Gasteiger partial charge in [0, 0.05) is 17.4 Å². The van der Waals surface area contributed by atoms with Gasteiger partial charge in [-0.25, -0.2) is 9.48 Å². The van der Waals surface area contributed by atoms with Crippen LogP contribution < -0.4 is 5.32 Å². The van der Waals surface area contributed by atoms with Crippen LogP contribution in [-0.2, 0) is 9.53 Å². The van der Waals surface area contributed by atoms with Crippen molar-refractivity contribution in [2.45, 2.75) is 20.8 Å². The van der Waals surface area contributed by atoms with Gasteiger partial charge < -0.3 is 10.1 Å². The smallest absolute Gasteiger partial charge is 0.359 e. The number of hydrogen-bond acceptors (Lipinski definition) is 5. The van der Waals surface area contributed by atoms with Crippen LogP contribution in [0.3, 0.4) is 0 Å². The lowest BCUT2D eigenvalue weighted by atomic mass is 10.1. The van der Waals surface area contributed by atoms with Crippen molar-refractivity contribution in [2.24, 2.45) is 0 Å². The number of aromatic nitrogens is 2. The average Bonchev–Trinajstić information content (AvgIpc) is 3.20. The largest absolute Gasteiger partial charge is 0.461 e. The van der Waals surface area contributed by atoms with E-state index in [4.69, 9.17) is 4.74 Å². The highest BCUT2D eigenvalue weighted by atomic mass is 16.5. The minimum atomic E-state index is -0.629. The fraction of sp³-hybridized carbons (Fsp3) is 0.167. The molecule has 0 radical (unpaired) electrons. The number of ether oxygens (including phenoxy) is 1. The zero-order valence-electron chi connectivity index (χ0n) is 17.5. The van der Waals surface area contributed by atoms with E-state index in [1.807, 2.05) is 62.4 Å². The number of nitrogens with one attached hydrogen (secondary N) is 1. The predicted octanol–water partition coefficient (Wildman–Crippen LogP) is 4.21. The summed E-state index contributed by atoms with van der Waals surface area (Å²) in [6.45, 7) is 5.71. The van der Waals surface area contributed by atoms with Crippen LogP contribution in [0.25, 0.3) is 11.8 Å². The summed E-state index contributed by atoms with van der Waals surface area (Å²) < 4.78 is 6.60. The molecule has 1 aromatic heterocycles. The first-order chi connectivity index (χ1) is 14.9. The summed E-state index contributed by atoms with van der Waals surface area (Å²) in [6, 6.07) is 16.7. The van der Waals surface area contributed by atoms with Crippen LogP contribution in [0.2, 0.25) is 0 Å². The molecule has 156 valence electrons. The molecule has 3 rings (SSSR count). The van der Waals surface area contributed by atoms with Gasteiger partial charge in [0.15, 0.2) is 5.69 Å². The number of hydrogen-bond donors (Lipinski definition) is 1. The Labute approximate surface area is 180 Å². The van der Waals surface area contributed by atoms with Gasteiger partial charge in [0.2, 0.25) is 0 Å². The van der Waals surface area contributed by atoms with Crippen LogP contribution in [0.15, 0.2) is 60.3 Å². The van der Waals surface area contributed by atoms with E-state index in [9.17, 15) is 14.9 Å². The minimum Gasteiger partial charge on any atom is -0.461 e. The second-order valence-electron chi connectivity index (χ2n) is 6.81. The van der Waals surface area contributed by atoms with Gasteiger partial charge in [-0.05, 0) is 56.2 Å². The monoisotopic (exact) mass is 414 g/mol. The number of carbonyl (C=O) groups is 2. The molecule has 7 nitrogen and oxygen atoms in total. The molecule has 2 aromatic carbocycles. The Hall–Kier alpha value is -4.18. The fourth-order valence-electron chi connectivity index (χ4n) is 2.94. The summed E-state index contributed by atoms with van der Waals surface area (Å²) >= 11 is 0. The Bertz CT molecular complexity index is 1190. The summed E-state index contributed by atoms with van der Waals surface area (Å²) in [5.41, 5.74) is 3.47. The van der Waals surface area contributed by atoms with Crippen molar-refractivity contribution in [1.29, 1.82) is 5.26 Å². The van der Waals surface area contributed by atoms with Crippen molar-refractivity contribution in [1.82, 2.24) is 9.78 Å². The molecular weight excluding hydrogens is 392 g/mol. The Balaban J connectivity index is 1.99. The molecule has 0 fully saturated rings. The van der Waals surface area contributed by atoms with E-state index >= 15 is 0 Å². The molecule has 1 N–H and O–H groups in total. The lowest BCUT2D eigenvalue weighted by molar-refractivity contribution is -0.112. The predicted molar refractivity (Wildman–Crippen MR) is 118 cm³/mol. The molecule has 1 heterocycles. The SMILES string of the molecule is CCOC(=O)c1nn(-c2ccccc2)cc1/C=C(/C#N)C(=O)Nc1cccc(C)c1C. The molecule has 1 amide bonds. The maximum atomic E-state index is 12.7. The zero-order valence-corrected chi connectivity index (χ0v) is 17.5. The molecule has 0 unspecified atom stereocenters. The molecule has 0 aliphatic heterocycles. The number of amides is 1. The molecule has 31 heavy (non-hydrogen) atoms. The van der Waals surface area contributed by atoms with E-state index in [1.165, 1.54) is 10.8 Å². The minimum absolute atomic E-state index is 0.0259. The molecule has 3 aromatic rings. The standard InChI is InChI=1S/C24H22N4O3/c1-4-31-24(30)22-19(15-28(27-22)20-10-6-5-7-11-20)13-18(14-25)23(29)26-21-12-8-9-16(2)17(21)3/h5-13,15H,4H2,1-3H3,(H,26,29)/b18-13-. The van der Waals surface area contributed by atoms with Crippen LogP contribution in [0, 0.1) is 25.2 Å². The summed E-state index contributed by atoms with van der Waals surface area (Å²) in [4.78, 5) is 25.2. The highest BCUT2D eigenvalue weighted by Gasteiger charge is 2.20. The number of anilines is 1. The van der Waals surface area contributed by atoms with Gasteiger partial charge in [-0.1, -0.05) is 30.3 Å². The van der Waals surface area contributed by atoms with Gasteiger partial charge >= 0.3 is 5.97 Å². The number of para-hydroxylation sites is 1. The normalized spacial score (nSPS) is 11.0. The van der Waals surface area contributed by atoms with Crippen LogP contribution in [-0.4, -0.2) is 28.3 Å². The zero-order chi connectivity index (χ0) is 22.4. The van der Waals surface area contributed by atoms with E-state index in [1.54, 1.807) is 19.2 Å². The molecule has 0 bridgehead atoms. The van der Waals surface area contributed by atoms with Crippen molar-refractivity contribution in [3.63, 3.8) is 0 Å². The van der Waals surface area contributed by atoms with E-state index in [0.717, 1.165) is 16.8 Å². The van der Waals surface area contributed by atoms with Gasteiger partial charge in [0.05, 0.1) is 12.3 Å².